The second-order valence-corrected chi connectivity index (χ2v) is 9.93. The van der Waals surface area contributed by atoms with Gasteiger partial charge < -0.3 is 15.0 Å². The van der Waals surface area contributed by atoms with Crippen LogP contribution in [0.1, 0.15) is 57.9 Å². The lowest BCUT2D eigenvalue weighted by Gasteiger charge is -2.31. The molecular formula is C28H31N3O3S. The first kappa shape index (κ1) is 24.7. The number of hydrogen-bond donors (Lipinski definition) is 1. The molecule has 1 aliphatic rings. The number of ether oxygens (including phenoxy) is 1. The number of para-hydroxylation sites is 1. The normalized spacial score (nSPS) is 14.0. The van der Waals surface area contributed by atoms with E-state index in [-0.39, 0.29) is 24.3 Å². The first-order valence-electron chi connectivity index (χ1n) is 11.8. The Morgan fingerprint density at radius 3 is 2.60 bits per heavy atom. The van der Waals surface area contributed by atoms with Gasteiger partial charge in [-0.1, -0.05) is 30.8 Å². The van der Waals surface area contributed by atoms with Crippen LogP contribution in [-0.4, -0.2) is 41.4 Å². The maximum Gasteiger partial charge on any atom is 0.275 e. The largest absolute Gasteiger partial charge is 0.484 e. The Labute approximate surface area is 210 Å². The number of benzene rings is 2. The molecule has 4 rings (SSSR count). The van der Waals surface area contributed by atoms with Crippen molar-refractivity contribution >= 4 is 34.4 Å². The lowest BCUT2D eigenvalue weighted by Crippen LogP contribution is -2.40. The van der Waals surface area contributed by atoms with E-state index in [1.807, 2.05) is 66.6 Å². The molecule has 1 aromatic heterocycles. The Morgan fingerprint density at radius 2 is 1.89 bits per heavy atom. The van der Waals surface area contributed by atoms with Gasteiger partial charge in [0, 0.05) is 35.6 Å². The third-order valence-electron chi connectivity index (χ3n) is 6.43. The van der Waals surface area contributed by atoms with Gasteiger partial charge in [-0.2, -0.15) is 0 Å². The molecule has 0 unspecified atom stereocenters. The molecule has 0 atom stereocenters. The molecule has 7 heteroatoms. The Bertz CT molecular complexity index is 1240. The average molecular weight is 490 g/mol. The number of rotatable bonds is 7. The van der Waals surface area contributed by atoms with Crippen molar-refractivity contribution in [2.75, 3.05) is 25.0 Å². The van der Waals surface area contributed by atoms with Crippen LogP contribution in [-0.2, 0) is 4.79 Å². The SMILES string of the molecule is C=C(C)c1ccccc1NC(=O)c1csc(C2CCN(C(=O)COc3ccc(C)c(C)c3)CC2)n1. The molecule has 1 N–H and O–H groups in total. The number of anilines is 1. The Kier molecular flexibility index (Phi) is 7.66. The highest BCUT2D eigenvalue weighted by Gasteiger charge is 2.26. The number of aromatic nitrogens is 1. The van der Waals surface area contributed by atoms with Crippen LogP contribution in [0.2, 0.25) is 0 Å². The number of aryl methyl sites for hydroxylation is 2. The number of thiazole rings is 1. The van der Waals surface area contributed by atoms with E-state index in [4.69, 9.17) is 4.74 Å². The third kappa shape index (κ3) is 5.98. The monoisotopic (exact) mass is 489 g/mol. The van der Waals surface area contributed by atoms with Crippen molar-refractivity contribution in [3.8, 4) is 5.75 Å². The smallest absolute Gasteiger partial charge is 0.275 e. The molecule has 2 amide bonds. The molecule has 3 aromatic rings. The lowest BCUT2D eigenvalue weighted by atomic mass is 9.97. The van der Waals surface area contributed by atoms with Crippen LogP contribution in [0.5, 0.6) is 5.75 Å². The highest BCUT2D eigenvalue weighted by atomic mass is 32.1. The molecule has 35 heavy (non-hydrogen) atoms. The number of amides is 2. The first-order valence-corrected chi connectivity index (χ1v) is 12.7. The standard InChI is InChI=1S/C28H31N3O3S/c1-18(2)23-7-5-6-8-24(23)29-27(33)25-17-35-28(30-25)21-11-13-31(14-12-21)26(32)16-34-22-10-9-19(3)20(4)15-22/h5-10,15,17,21H,1,11-14,16H2,2-4H3,(H,29,33). The highest BCUT2D eigenvalue weighted by molar-refractivity contribution is 7.10. The van der Waals surface area contributed by atoms with E-state index < -0.39 is 0 Å². The number of carbonyl (C=O) groups is 2. The molecule has 6 nitrogen and oxygen atoms in total. The number of nitrogens with zero attached hydrogens (tertiary/aromatic N) is 2. The second-order valence-electron chi connectivity index (χ2n) is 9.04. The predicted octanol–water partition coefficient (Wildman–Crippen LogP) is 5.83. The summed E-state index contributed by atoms with van der Waals surface area (Å²) in [5, 5.41) is 5.71. The fourth-order valence-electron chi connectivity index (χ4n) is 4.15. The predicted molar refractivity (Wildman–Crippen MR) is 141 cm³/mol. The van der Waals surface area contributed by atoms with Crippen molar-refractivity contribution < 1.29 is 14.3 Å². The van der Waals surface area contributed by atoms with Gasteiger partial charge in [-0.05, 0) is 68.5 Å². The maximum absolute atomic E-state index is 12.8. The zero-order chi connectivity index (χ0) is 24.9. The molecular weight excluding hydrogens is 458 g/mol. The van der Waals surface area contributed by atoms with Gasteiger partial charge >= 0.3 is 0 Å². The third-order valence-corrected chi connectivity index (χ3v) is 7.43. The van der Waals surface area contributed by atoms with Crippen LogP contribution in [0.4, 0.5) is 5.69 Å². The van der Waals surface area contributed by atoms with Gasteiger partial charge in [-0.25, -0.2) is 4.98 Å². The molecule has 0 saturated carbocycles. The van der Waals surface area contributed by atoms with Crippen molar-refractivity contribution in [3.63, 3.8) is 0 Å². The van der Waals surface area contributed by atoms with E-state index >= 15 is 0 Å². The summed E-state index contributed by atoms with van der Waals surface area (Å²) in [5.74, 6) is 0.735. The zero-order valence-corrected chi connectivity index (χ0v) is 21.3. The summed E-state index contributed by atoms with van der Waals surface area (Å²) in [7, 11) is 0. The van der Waals surface area contributed by atoms with Crippen LogP contribution in [0, 0.1) is 13.8 Å². The minimum Gasteiger partial charge on any atom is -0.484 e. The van der Waals surface area contributed by atoms with Gasteiger partial charge in [0.1, 0.15) is 11.4 Å². The molecule has 2 heterocycles. The fourth-order valence-corrected chi connectivity index (χ4v) is 5.12. The van der Waals surface area contributed by atoms with E-state index in [0.29, 0.717) is 18.8 Å². The molecule has 1 saturated heterocycles. The second kappa shape index (κ2) is 10.9. The van der Waals surface area contributed by atoms with Gasteiger partial charge in [0.15, 0.2) is 6.61 Å². The quantitative estimate of drug-likeness (QED) is 0.453. The van der Waals surface area contributed by atoms with E-state index in [2.05, 4.69) is 23.8 Å². The van der Waals surface area contributed by atoms with Gasteiger partial charge in [0.25, 0.3) is 11.8 Å². The molecule has 1 fully saturated rings. The summed E-state index contributed by atoms with van der Waals surface area (Å²) in [4.78, 5) is 31.9. The molecule has 182 valence electrons. The van der Waals surface area contributed by atoms with E-state index in [1.165, 1.54) is 16.9 Å². The summed E-state index contributed by atoms with van der Waals surface area (Å²) in [6, 6.07) is 13.5. The number of carbonyl (C=O) groups excluding carboxylic acids is 2. The van der Waals surface area contributed by atoms with E-state index in [0.717, 1.165) is 46.0 Å². The Morgan fingerprint density at radius 1 is 1.14 bits per heavy atom. The van der Waals surface area contributed by atoms with Crippen molar-refractivity contribution in [3.05, 3.63) is 81.8 Å². The number of likely N-dealkylation sites (tertiary alicyclic amines) is 1. The summed E-state index contributed by atoms with van der Waals surface area (Å²) >= 11 is 1.51. The van der Waals surface area contributed by atoms with E-state index in [9.17, 15) is 9.59 Å². The van der Waals surface area contributed by atoms with Crippen LogP contribution in [0.15, 0.2) is 54.4 Å². The van der Waals surface area contributed by atoms with Crippen molar-refractivity contribution in [1.82, 2.24) is 9.88 Å². The van der Waals surface area contributed by atoms with Crippen LogP contribution in [0.3, 0.4) is 0 Å². The maximum atomic E-state index is 12.8. The van der Waals surface area contributed by atoms with Crippen molar-refractivity contribution in [2.24, 2.45) is 0 Å². The van der Waals surface area contributed by atoms with E-state index in [1.54, 1.807) is 0 Å². The number of piperidine rings is 1. The molecule has 1 aliphatic heterocycles. The van der Waals surface area contributed by atoms with Crippen LogP contribution >= 0.6 is 11.3 Å². The molecule has 2 aromatic carbocycles. The van der Waals surface area contributed by atoms with Crippen molar-refractivity contribution in [1.29, 1.82) is 0 Å². The highest BCUT2D eigenvalue weighted by Crippen LogP contribution is 2.31. The Hall–Kier alpha value is -3.45. The number of allylic oxidation sites excluding steroid dienone is 1. The van der Waals surface area contributed by atoms with Crippen LogP contribution in [0.25, 0.3) is 5.57 Å². The minimum atomic E-state index is -0.225. The number of hydrogen-bond acceptors (Lipinski definition) is 5. The molecule has 0 radical (unpaired) electrons. The van der Waals surface area contributed by atoms with Gasteiger partial charge in [-0.15, -0.1) is 11.3 Å². The first-order chi connectivity index (χ1) is 16.8. The van der Waals surface area contributed by atoms with Crippen LogP contribution < -0.4 is 10.1 Å². The zero-order valence-electron chi connectivity index (χ0n) is 20.5. The van der Waals surface area contributed by atoms with Gasteiger partial charge in [0.05, 0.1) is 5.01 Å². The fraction of sp³-hybridized carbons (Fsp3) is 0.321. The number of nitrogens with one attached hydrogen (secondary N) is 1. The topological polar surface area (TPSA) is 71.5 Å². The minimum absolute atomic E-state index is 0.00272. The molecule has 0 aliphatic carbocycles. The van der Waals surface area contributed by atoms with Gasteiger partial charge in [0.2, 0.25) is 0 Å². The average Bonchev–Trinajstić information content (AvgIpc) is 3.35. The summed E-state index contributed by atoms with van der Waals surface area (Å²) in [5.41, 5.74) is 5.30. The lowest BCUT2D eigenvalue weighted by molar-refractivity contribution is -0.134. The molecule has 0 bridgehead atoms. The summed E-state index contributed by atoms with van der Waals surface area (Å²) in [6.07, 6.45) is 1.64. The summed E-state index contributed by atoms with van der Waals surface area (Å²) < 4.78 is 5.72. The van der Waals surface area contributed by atoms with Crippen molar-refractivity contribution in [2.45, 2.75) is 39.5 Å². The summed E-state index contributed by atoms with van der Waals surface area (Å²) in [6.45, 7) is 11.3. The molecule has 0 spiro atoms. The Balaban J connectivity index is 1.29. The van der Waals surface area contributed by atoms with Gasteiger partial charge in [-0.3, -0.25) is 9.59 Å².